The van der Waals surface area contributed by atoms with Crippen molar-refractivity contribution in [3.63, 3.8) is 0 Å². The van der Waals surface area contributed by atoms with Crippen molar-refractivity contribution in [3.05, 3.63) is 65.8 Å². The van der Waals surface area contributed by atoms with Crippen molar-refractivity contribution in [2.45, 2.75) is 54.4 Å². The van der Waals surface area contributed by atoms with Gasteiger partial charge in [-0.1, -0.05) is 12.1 Å². The minimum absolute atomic E-state index is 0.172. The Morgan fingerprint density at radius 1 is 0.957 bits per heavy atom. The Hall–Kier alpha value is -4.96. The molecule has 5 rings (SSSR count). The van der Waals surface area contributed by atoms with Crippen LogP contribution in [0.25, 0.3) is 6.08 Å². The van der Waals surface area contributed by atoms with Crippen molar-refractivity contribution in [2.24, 2.45) is 5.92 Å². The third-order valence-electron chi connectivity index (χ3n) is 8.41. The number of ether oxygens (including phenoxy) is 3. The minimum atomic E-state index is -2.58. The molecule has 1 saturated carbocycles. The van der Waals surface area contributed by atoms with Gasteiger partial charge in [0.2, 0.25) is 0 Å². The Morgan fingerprint density at radius 2 is 1.63 bits per heavy atom. The molecule has 0 spiro atoms. The molecule has 2 aromatic rings. The molecular formula is C31H30O15. The molecule has 2 fully saturated rings. The van der Waals surface area contributed by atoms with Crippen molar-refractivity contribution in [1.82, 2.24) is 0 Å². The molecule has 2 aliphatic heterocycles. The lowest BCUT2D eigenvalue weighted by molar-refractivity contribution is -0.209. The highest BCUT2D eigenvalue weighted by atomic mass is 16.6. The molecule has 0 amide bonds. The molecule has 0 aromatic heterocycles. The predicted octanol–water partition coefficient (Wildman–Crippen LogP) is -0.0150. The summed E-state index contributed by atoms with van der Waals surface area (Å²) < 4.78 is 16.8. The number of hydrogen-bond donors (Lipinski definition) is 8. The largest absolute Gasteiger partial charge is 0.504 e. The zero-order valence-corrected chi connectivity index (χ0v) is 23.8. The summed E-state index contributed by atoms with van der Waals surface area (Å²) in [6.07, 6.45) is -4.02. The van der Waals surface area contributed by atoms with Gasteiger partial charge in [-0.25, -0.2) is 9.59 Å². The summed E-state index contributed by atoms with van der Waals surface area (Å²) in [6, 6.07) is 7.25. The summed E-state index contributed by atoms with van der Waals surface area (Å²) in [4.78, 5) is 51.3. The second-order valence-corrected chi connectivity index (χ2v) is 11.4. The number of carbonyl (C=O) groups is 4. The Kier molecular flexibility index (Phi) is 8.53. The number of fused-ring (bicyclic) bond motifs is 2. The number of aliphatic hydroxyl groups excluding tert-OH is 2. The molecule has 1 aliphatic carbocycles. The molecule has 244 valence electrons. The standard InChI is InChI=1S/C31H30O15/c32-13-31-8-7-18(35)27(46-31)24(25(31)15-3-5-17(34)20(37)10-15)28(40)45-26-21(38)11-30(43,29(41)42)12-22(26)44-23(39)6-2-14-1-4-16(33)19(36)9-14/h1-10,21-22,24-27,32-34,36-38,43H,11-13H2,(H,41,42)/b6-2+/t21-,22-,24-,25-,26+,27-,30-,31-/m1/s1. The number of carboxylic acids is 1. The summed E-state index contributed by atoms with van der Waals surface area (Å²) in [5.41, 5.74) is -3.79. The number of benzene rings is 2. The average molecular weight is 643 g/mol. The van der Waals surface area contributed by atoms with Gasteiger partial charge in [-0.2, -0.15) is 0 Å². The van der Waals surface area contributed by atoms with Crippen LogP contribution in [0.5, 0.6) is 23.0 Å². The van der Waals surface area contributed by atoms with Crippen molar-refractivity contribution < 1.29 is 74.2 Å². The summed E-state index contributed by atoms with van der Waals surface area (Å²) in [6.45, 7) is -0.716. The lowest BCUT2D eigenvalue weighted by Gasteiger charge is -2.41. The van der Waals surface area contributed by atoms with E-state index >= 15 is 0 Å². The van der Waals surface area contributed by atoms with E-state index in [1.54, 1.807) is 0 Å². The van der Waals surface area contributed by atoms with Crippen LogP contribution in [0.15, 0.2) is 54.6 Å². The van der Waals surface area contributed by atoms with Crippen LogP contribution in [0.4, 0.5) is 0 Å². The third-order valence-corrected chi connectivity index (χ3v) is 8.41. The summed E-state index contributed by atoms with van der Waals surface area (Å²) in [7, 11) is 0. The van der Waals surface area contributed by atoms with E-state index in [9.17, 15) is 60.0 Å². The Morgan fingerprint density at radius 3 is 2.26 bits per heavy atom. The predicted molar refractivity (Wildman–Crippen MR) is 151 cm³/mol. The SMILES string of the molecule is O=C(/C=C/c1ccc(O)c(O)c1)O[C@@H]1C[C@@](O)(C(=O)O)C[C@@H](O)[C@@H]1OC(=O)[C@H]1[C@@H]2O[C@@](CO)(C=CC2=O)[C@@H]1c1ccc(O)c(O)c1. The molecule has 8 N–H and O–H groups in total. The molecule has 46 heavy (non-hydrogen) atoms. The van der Waals surface area contributed by atoms with Gasteiger partial charge in [0.15, 0.2) is 40.5 Å². The molecule has 2 heterocycles. The number of hydrogen-bond acceptors (Lipinski definition) is 14. The number of aliphatic hydroxyl groups is 3. The fraction of sp³-hybridized carbons (Fsp3) is 0.355. The highest BCUT2D eigenvalue weighted by molar-refractivity contribution is 5.99. The van der Waals surface area contributed by atoms with Crippen LogP contribution >= 0.6 is 0 Å². The number of ketones is 1. The van der Waals surface area contributed by atoms with Crippen LogP contribution in [0.3, 0.4) is 0 Å². The molecule has 8 atom stereocenters. The lowest BCUT2D eigenvalue weighted by atomic mass is 9.75. The molecular weight excluding hydrogens is 612 g/mol. The molecule has 15 nitrogen and oxygen atoms in total. The van der Waals surface area contributed by atoms with Gasteiger partial charge in [0, 0.05) is 24.8 Å². The van der Waals surface area contributed by atoms with E-state index in [2.05, 4.69) is 0 Å². The quantitative estimate of drug-likeness (QED) is 0.107. The minimum Gasteiger partial charge on any atom is -0.504 e. The number of esters is 2. The average Bonchev–Trinajstić information content (AvgIpc) is 3.29. The van der Waals surface area contributed by atoms with Gasteiger partial charge in [0.25, 0.3) is 0 Å². The van der Waals surface area contributed by atoms with Gasteiger partial charge in [-0.3, -0.25) is 9.59 Å². The van der Waals surface area contributed by atoms with Gasteiger partial charge in [0.05, 0.1) is 12.7 Å². The molecule has 3 aliphatic rings. The van der Waals surface area contributed by atoms with E-state index in [4.69, 9.17) is 14.2 Å². The van der Waals surface area contributed by atoms with E-state index in [0.29, 0.717) is 0 Å². The van der Waals surface area contributed by atoms with Crippen molar-refractivity contribution in [2.75, 3.05) is 6.61 Å². The normalized spacial score (nSPS) is 31.9. The smallest absolute Gasteiger partial charge is 0.335 e. The number of aliphatic carboxylic acids is 1. The maximum absolute atomic E-state index is 13.9. The van der Waals surface area contributed by atoms with Crippen LogP contribution in [0, 0.1) is 5.92 Å². The van der Waals surface area contributed by atoms with Crippen LogP contribution in [0.1, 0.15) is 29.9 Å². The maximum Gasteiger partial charge on any atom is 0.335 e. The number of aromatic hydroxyl groups is 4. The second kappa shape index (κ2) is 12.1. The maximum atomic E-state index is 13.9. The number of phenols is 4. The van der Waals surface area contributed by atoms with Gasteiger partial charge < -0.3 is 55.1 Å². The lowest BCUT2D eigenvalue weighted by Crippen LogP contribution is -2.58. The second-order valence-electron chi connectivity index (χ2n) is 11.4. The Balaban J connectivity index is 1.44. The van der Waals surface area contributed by atoms with E-state index in [-0.39, 0.29) is 11.1 Å². The summed E-state index contributed by atoms with van der Waals surface area (Å²) >= 11 is 0. The molecule has 2 aromatic carbocycles. The van der Waals surface area contributed by atoms with E-state index < -0.39 is 114 Å². The fourth-order valence-corrected chi connectivity index (χ4v) is 6.12. The Bertz CT molecular complexity index is 1630. The first-order chi connectivity index (χ1) is 21.7. The fourth-order valence-electron chi connectivity index (χ4n) is 6.12. The Labute approximate surface area is 259 Å². The summed E-state index contributed by atoms with van der Waals surface area (Å²) in [5.74, 6) is -9.28. The van der Waals surface area contributed by atoms with E-state index in [1.807, 2.05) is 0 Å². The number of carbonyl (C=O) groups excluding carboxylic acids is 3. The van der Waals surface area contributed by atoms with Crippen molar-refractivity contribution in [3.8, 4) is 23.0 Å². The zero-order chi connectivity index (χ0) is 33.6. The van der Waals surface area contributed by atoms with Crippen molar-refractivity contribution in [1.29, 1.82) is 0 Å². The summed E-state index contributed by atoms with van der Waals surface area (Å²) in [5, 5.41) is 80.6. The van der Waals surface area contributed by atoms with Gasteiger partial charge >= 0.3 is 17.9 Å². The van der Waals surface area contributed by atoms with E-state index in [1.165, 1.54) is 24.3 Å². The first kappa shape index (κ1) is 32.4. The van der Waals surface area contributed by atoms with Crippen molar-refractivity contribution >= 4 is 29.8 Å². The molecule has 15 heteroatoms. The molecule has 0 radical (unpaired) electrons. The van der Waals surface area contributed by atoms with Crippen LogP contribution < -0.4 is 0 Å². The first-order valence-corrected chi connectivity index (χ1v) is 14.0. The van der Waals surface area contributed by atoms with E-state index in [0.717, 1.165) is 36.4 Å². The number of phenolic OH excluding ortho intramolecular Hbond substituents is 4. The molecule has 0 unspecified atom stereocenters. The number of carboxylic acid groups (broad SMARTS) is 1. The molecule has 1 saturated heterocycles. The highest BCUT2D eigenvalue weighted by Crippen LogP contribution is 2.52. The van der Waals surface area contributed by atoms with Gasteiger partial charge in [-0.05, 0) is 53.6 Å². The topological polar surface area (TPSA) is 258 Å². The van der Waals surface area contributed by atoms with Crippen LogP contribution in [0.2, 0.25) is 0 Å². The third kappa shape index (κ3) is 5.88. The number of rotatable bonds is 8. The van der Waals surface area contributed by atoms with Crippen LogP contribution in [-0.2, 0) is 33.4 Å². The zero-order valence-electron chi connectivity index (χ0n) is 23.8. The first-order valence-electron chi connectivity index (χ1n) is 14.0. The highest BCUT2D eigenvalue weighted by Gasteiger charge is 2.62. The van der Waals surface area contributed by atoms with Gasteiger partial charge in [0.1, 0.15) is 23.7 Å². The molecule has 2 bridgehead atoms. The van der Waals surface area contributed by atoms with Gasteiger partial charge in [-0.15, -0.1) is 0 Å². The monoisotopic (exact) mass is 642 g/mol. The van der Waals surface area contributed by atoms with Crippen LogP contribution in [-0.4, -0.2) is 107 Å².